The molecule has 0 saturated heterocycles. The highest BCUT2D eigenvalue weighted by Gasteiger charge is 2.00. The van der Waals surface area contributed by atoms with Crippen LogP contribution in [0.5, 0.6) is 0 Å². The molecule has 0 aromatic heterocycles. The van der Waals surface area contributed by atoms with E-state index in [-0.39, 0.29) is 0 Å². The quantitative estimate of drug-likeness (QED) is 0.522. The number of benzene rings is 1. The molecule has 17 heavy (non-hydrogen) atoms. The highest BCUT2D eigenvalue weighted by Crippen LogP contribution is 2.16. The number of hydrogen-bond donors (Lipinski definition) is 0. The lowest BCUT2D eigenvalue weighted by atomic mass is 9.98. The molecule has 0 spiro atoms. The van der Waals surface area contributed by atoms with Gasteiger partial charge in [0.1, 0.15) is 0 Å². The standard InChI is InChI=1S/C17H28/c1-4-6-8-10-16-12-13-17(15(3)14-16)11-9-7-5-2/h12-14H,4-11H2,1-3H3. The van der Waals surface area contributed by atoms with Crippen molar-refractivity contribution in [2.24, 2.45) is 0 Å². The molecule has 0 N–H and O–H groups in total. The zero-order valence-electron chi connectivity index (χ0n) is 11.9. The molecule has 0 radical (unpaired) electrons. The van der Waals surface area contributed by atoms with Gasteiger partial charge in [0.25, 0.3) is 0 Å². The molecule has 0 amide bonds. The molecule has 0 heterocycles. The summed E-state index contributed by atoms with van der Waals surface area (Å²) in [5.74, 6) is 0. The number of rotatable bonds is 8. The molecular formula is C17H28. The monoisotopic (exact) mass is 232 g/mol. The van der Waals surface area contributed by atoms with Crippen molar-refractivity contribution < 1.29 is 0 Å². The molecule has 0 fully saturated rings. The average Bonchev–Trinajstić information content (AvgIpc) is 2.32. The van der Waals surface area contributed by atoms with E-state index in [9.17, 15) is 0 Å². The number of unbranched alkanes of at least 4 members (excludes halogenated alkanes) is 4. The van der Waals surface area contributed by atoms with E-state index in [1.54, 1.807) is 5.56 Å². The van der Waals surface area contributed by atoms with E-state index in [0.29, 0.717) is 0 Å². The summed E-state index contributed by atoms with van der Waals surface area (Å²) in [4.78, 5) is 0. The smallest absolute Gasteiger partial charge is 0.0276 e. The molecule has 0 aliphatic rings. The fraction of sp³-hybridized carbons (Fsp3) is 0.647. The maximum atomic E-state index is 2.40. The summed E-state index contributed by atoms with van der Waals surface area (Å²) >= 11 is 0. The fourth-order valence-corrected chi connectivity index (χ4v) is 2.34. The first-order valence-electron chi connectivity index (χ1n) is 7.36. The van der Waals surface area contributed by atoms with Crippen molar-refractivity contribution in [2.75, 3.05) is 0 Å². The number of aryl methyl sites for hydroxylation is 3. The molecule has 0 saturated carbocycles. The lowest BCUT2D eigenvalue weighted by molar-refractivity contribution is 0.710. The minimum Gasteiger partial charge on any atom is -0.0654 e. The Hall–Kier alpha value is -0.780. The van der Waals surface area contributed by atoms with Gasteiger partial charge in [-0.1, -0.05) is 57.7 Å². The summed E-state index contributed by atoms with van der Waals surface area (Å²) in [6, 6.07) is 7.09. The van der Waals surface area contributed by atoms with Gasteiger partial charge in [0.05, 0.1) is 0 Å². The predicted molar refractivity (Wildman–Crippen MR) is 77.6 cm³/mol. The van der Waals surface area contributed by atoms with Crippen molar-refractivity contribution in [2.45, 2.75) is 72.1 Å². The molecule has 0 aliphatic carbocycles. The van der Waals surface area contributed by atoms with Crippen LogP contribution in [0.15, 0.2) is 18.2 Å². The maximum Gasteiger partial charge on any atom is -0.0276 e. The Morgan fingerprint density at radius 1 is 0.824 bits per heavy atom. The number of hydrogen-bond acceptors (Lipinski definition) is 0. The van der Waals surface area contributed by atoms with Gasteiger partial charge in [0.2, 0.25) is 0 Å². The van der Waals surface area contributed by atoms with Gasteiger partial charge in [-0.15, -0.1) is 0 Å². The summed E-state index contributed by atoms with van der Waals surface area (Å²) in [6.07, 6.45) is 10.5. The van der Waals surface area contributed by atoms with Gasteiger partial charge in [0.15, 0.2) is 0 Å². The van der Waals surface area contributed by atoms with Crippen molar-refractivity contribution in [1.82, 2.24) is 0 Å². The SMILES string of the molecule is CCCCCc1ccc(CCCCC)c(C)c1. The summed E-state index contributed by atoms with van der Waals surface area (Å²) < 4.78 is 0. The van der Waals surface area contributed by atoms with Crippen molar-refractivity contribution >= 4 is 0 Å². The molecule has 0 aliphatic heterocycles. The van der Waals surface area contributed by atoms with Crippen molar-refractivity contribution in [3.05, 3.63) is 34.9 Å². The van der Waals surface area contributed by atoms with Crippen molar-refractivity contribution in [3.63, 3.8) is 0 Å². The van der Waals surface area contributed by atoms with Crippen molar-refractivity contribution in [3.8, 4) is 0 Å². The Kier molecular flexibility index (Phi) is 7.00. The Labute approximate surface area is 107 Å². The average molecular weight is 232 g/mol. The first-order chi connectivity index (χ1) is 8.27. The molecule has 1 aromatic carbocycles. The Bertz CT molecular complexity index is 312. The fourth-order valence-electron chi connectivity index (χ4n) is 2.34. The normalized spacial score (nSPS) is 10.8. The van der Waals surface area contributed by atoms with Crippen LogP contribution in [-0.4, -0.2) is 0 Å². The highest BCUT2D eigenvalue weighted by molar-refractivity contribution is 5.31. The molecule has 0 atom stereocenters. The second-order valence-electron chi connectivity index (χ2n) is 5.18. The van der Waals surface area contributed by atoms with E-state index >= 15 is 0 Å². The van der Waals surface area contributed by atoms with Crippen LogP contribution >= 0.6 is 0 Å². The third-order valence-corrected chi connectivity index (χ3v) is 3.53. The van der Waals surface area contributed by atoms with Crippen LogP contribution in [0.25, 0.3) is 0 Å². The largest absolute Gasteiger partial charge is 0.0654 e. The van der Waals surface area contributed by atoms with E-state index in [0.717, 1.165) is 0 Å². The van der Waals surface area contributed by atoms with Gasteiger partial charge in [-0.05, 0) is 49.3 Å². The van der Waals surface area contributed by atoms with Crippen LogP contribution in [0.3, 0.4) is 0 Å². The van der Waals surface area contributed by atoms with E-state index in [1.807, 2.05) is 0 Å². The molecule has 0 unspecified atom stereocenters. The van der Waals surface area contributed by atoms with Gasteiger partial charge < -0.3 is 0 Å². The minimum atomic E-state index is 1.25. The molecule has 96 valence electrons. The van der Waals surface area contributed by atoms with E-state index < -0.39 is 0 Å². The first kappa shape index (κ1) is 14.3. The lowest BCUT2D eigenvalue weighted by Gasteiger charge is -2.08. The molecule has 0 nitrogen and oxygen atoms in total. The molecular weight excluding hydrogens is 204 g/mol. The topological polar surface area (TPSA) is 0 Å². The maximum absolute atomic E-state index is 2.40. The Balaban J connectivity index is 2.47. The van der Waals surface area contributed by atoms with Crippen LogP contribution < -0.4 is 0 Å². The zero-order valence-corrected chi connectivity index (χ0v) is 11.9. The van der Waals surface area contributed by atoms with E-state index in [2.05, 4.69) is 39.0 Å². The van der Waals surface area contributed by atoms with Crippen LogP contribution in [-0.2, 0) is 12.8 Å². The van der Waals surface area contributed by atoms with Gasteiger partial charge in [-0.3, -0.25) is 0 Å². The molecule has 1 aromatic rings. The summed E-state index contributed by atoms with van der Waals surface area (Å²) in [6.45, 7) is 6.80. The van der Waals surface area contributed by atoms with Crippen LogP contribution in [0.2, 0.25) is 0 Å². The lowest BCUT2D eigenvalue weighted by Crippen LogP contribution is -1.93. The summed E-state index contributed by atoms with van der Waals surface area (Å²) in [7, 11) is 0. The molecule has 1 rings (SSSR count). The second-order valence-corrected chi connectivity index (χ2v) is 5.18. The first-order valence-corrected chi connectivity index (χ1v) is 7.36. The molecule has 0 heteroatoms. The van der Waals surface area contributed by atoms with Crippen LogP contribution in [0, 0.1) is 6.92 Å². The highest BCUT2D eigenvalue weighted by atomic mass is 14.1. The third-order valence-electron chi connectivity index (χ3n) is 3.53. The zero-order chi connectivity index (χ0) is 12.5. The van der Waals surface area contributed by atoms with Gasteiger partial charge in [-0.2, -0.15) is 0 Å². The van der Waals surface area contributed by atoms with Gasteiger partial charge in [0, 0.05) is 0 Å². The van der Waals surface area contributed by atoms with E-state index in [4.69, 9.17) is 0 Å². The Morgan fingerprint density at radius 2 is 1.47 bits per heavy atom. The predicted octanol–water partition coefficient (Wildman–Crippen LogP) is 5.46. The van der Waals surface area contributed by atoms with Crippen LogP contribution in [0.4, 0.5) is 0 Å². The van der Waals surface area contributed by atoms with Crippen molar-refractivity contribution in [1.29, 1.82) is 0 Å². The van der Waals surface area contributed by atoms with E-state index in [1.165, 1.54) is 62.5 Å². The third kappa shape index (κ3) is 5.39. The summed E-state index contributed by atoms with van der Waals surface area (Å²) in [5, 5.41) is 0. The minimum absolute atomic E-state index is 1.25. The summed E-state index contributed by atoms with van der Waals surface area (Å²) in [5.41, 5.74) is 4.57. The van der Waals surface area contributed by atoms with Crippen LogP contribution in [0.1, 0.15) is 69.1 Å². The van der Waals surface area contributed by atoms with Gasteiger partial charge in [-0.25, -0.2) is 0 Å². The second kappa shape index (κ2) is 8.33. The molecule has 0 bridgehead atoms. The van der Waals surface area contributed by atoms with Gasteiger partial charge >= 0.3 is 0 Å². The Morgan fingerprint density at radius 3 is 2.06 bits per heavy atom.